The lowest BCUT2D eigenvalue weighted by Crippen LogP contribution is -2.36. The van der Waals surface area contributed by atoms with E-state index in [4.69, 9.17) is 0 Å². The maximum absolute atomic E-state index is 12.3. The first-order valence-electron chi connectivity index (χ1n) is 7.03. The van der Waals surface area contributed by atoms with E-state index in [-0.39, 0.29) is 12.5 Å². The van der Waals surface area contributed by atoms with Crippen LogP contribution >= 0.6 is 11.3 Å². The first-order chi connectivity index (χ1) is 11.0. The number of carbonyl (C=O) groups is 1. The fourth-order valence-electron chi connectivity index (χ4n) is 2.33. The quantitative estimate of drug-likeness (QED) is 0.786. The Balaban J connectivity index is 1.75. The third-order valence-electron chi connectivity index (χ3n) is 3.60. The number of likely N-dealkylation sites (N-methyl/N-ethyl adjacent to an activating group) is 1. The molecule has 6 nitrogen and oxygen atoms in total. The van der Waals surface area contributed by atoms with Gasteiger partial charge in [-0.15, -0.1) is 11.3 Å². The summed E-state index contributed by atoms with van der Waals surface area (Å²) < 4.78 is 2.37. The Bertz CT molecular complexity index is 970. The summed E-state index contributed by atoms with van der Waals surface area (Å²) in [4.78, 5) is 38.7. The second-order valence-electron chi connectivity index (χ2n) is 5.24. The van der Waals surface area contributed by atoms with Gasteiger partial charge in [0, 0.05) is 30.6 Å². The molecule has 3 rings (SSSR count). The van der Waals surface area contributed by atoms with Crippen LogP contribution in [0.3, 0.4) is 0 Å². The molecule has 3 aromatic rings. The summed E-state index contributed by atoms with van der Waals surface area (Å²) in [6.07, 6.45) is 1.33. The molecule has 1 amide bonds. The minimum absolute atomic E-state index is 0.103. The van der Waals surface area contributed by atoms with Crippen molar-refractivity contribution < 1.29 is 4.79 Å². The van der Waals surface area contributed by atoms with Gasteiger partial charge in [0.15, 0.2) is 0 Å². The van der Waals surface area contributed by atoms with Crippen molar-refractivity contribution in [2.45, 2.75) is 13.1 Å². The first-order valence-corrected chi connectivity index (χ1v) is 7.91. The lowest BCUT2D eigenvalue weighted by Gasteiger charge is -2.17. The third-order valence-corrected chi connectivity index (χ3v) is 4.61. The molecule has 0 saturated carbocycles. The Morgan fingerprint density at radius 3 is 2.83 bits per heavy atom. The molecule has 7 heteroatoms. The predicted octanol–water partition coefficient (Wildman–Crippen LogP) is 1.41. The SMILES string of the molecule is CN(Cc1csc2ccccc12)C(=O)Cn1ccc(=O)[nH]c1=O. The van der Waals surface area contributed by atoms with Crippen molar-refractivity contribution in [1.82, 2.24) is 14.5 Å². The highest BCUT2D eigenvalue weighted by Gasteiger charge is 2.13. The zero-order valence-electron chi connectivity index (χ0n) is 12.5. The highest BCUT2D eigenvalue weighted by Crippen LogP contribution is 2.26. The second kappa shape index (κ2) is 6.21. The van der Waals surface area contributed by atoms with E-state index in [1.807, 2.05) is 29.6 Å². The molecule has 0 fully saturated rings. The summed E-state index contributed by atoms with van der Waals surface area (Å²) in [5.74, 6) is -0.200. The summed E-state index contributed by atoms with van der Waals surface area (Å²) in [5.41, 5.74) is 0.0206. The van der Waals surface area contributed by atoms with Gasteiger partial charge in [-0.1, -0.05) is 18.2 Å². The van der Waals surface area contributed by atoms with Crippen LogP contribution in [0.2, 0.25) is 0 Å². The lowest BCUT2D eigenvalue weighted by molar-refractivity contribution is -0.131. The number of aromatic nitrogens is 2. The molecule has 2 heterocycles. The smallest absolute Gasteiger partial charge is 0.328 e. The number of amides is 1. The van der Waals surface area contributed by atoms with Gasteiger partial charge < -0.3 is 4.90 Å². The van der Waals surface area contributed by atoms with Crippen molar-refractivity contribution in [2.24, 2.45) is 0 Å². The van der Waals surface area contributed by atoms with E-state index in [1.165, 1.54) is 21.5 Å². The minimum Gasteiger partial charge on any atom is -0.340 e. The number of benzene rings is 1. The van der Waals surface area contributed by atoms with Crippen LogP contribution in [0.5, 0.6) is 0 Å². The highest BCUT2D eigenvalue weighted by molar-refractivity contribution is 7.17. The Hall–Kier alpha value is -2.67. The normalized spacial score (nSPS) is 10.8. The summed E-state index contributed by atoms with van der Waals surface area (Å²) in [6, 6.07) is 9.26. The summed E-state index contributed by atoms with van der Waals surface area (Å²) in [6.45, 7) is 0.370. The van der Waals surface area contributed by atoms with Crippen LogP contribution in [0.15, 0.2) is 51.5 Å². The van der Waals surface area contributed by atoms with Gasteiger partial charge in [-0.2, -0.15) is 0 Å². The van der Waals surface area contributed by atoms with Crippen LogP contribution in [-0.2, 0) is 17.9 Å². The van der Waals surface area contributed by atoms with Gasteiger partial charge >= 0.3 is 5.69 Å². The van der Waals surface area contributed by atoms with Crippen molar-refractivity contribution >= 4 is 27.3 Å². The molecule has 23 heavy (non-hydrogen) atoms. The van der Waals surface area contributed by atoms with Gasteiger partial charge in [0.05, 0.1) is 0 Å². The van der Waals surface area contributed by atoms with Crippen LogP contribution in [-0.4, -0.2) is 27.4 Å². The number of carbonyl (C=O) groups excluding carboxylic acids is 1. The predicted molar refractivity (Wildman–Crippen MR) is 89.6 cm³/mol. The zero-order valence-corrected chi connectivity index (χ0v) is 13.3. The molecule has 1 aromatic carbocycles. The molecular weight excluding hydrogens is 314 g/mol. The number of hydrogen-bond acceptors (Lipinski definition) is 4. The Kier molecular flexibility index (Phi) is 4.12. The zero-order chi connectivity index (χ0) is 16.4. The maximum atomic E-state index is 12.3. The van der Waals surface area contributed by atoms with Crippen LogP contribution in [0.25, 0.3) is 10.1 Å². The maximum Gasteiger partial charge on any atom is 0.328 e. The number of rotatable bonds is 4. The molecular formula is C16H15N3O3S. The monoisotopic (exact) mass is 329 g/mol. The highest BCUT2D eigenvalue weighted by atomic mass is 32.1. The van der Waals surface area contributed by atoms with Gasteiger partial charge in [0.2, 0.25) is 5.91 Å². The van der Waals surface area contributed by atoms with E-state index in [0.29, 0.717) is 6.54 Å². The van der Waals surface area contributed by atoms with Gasteiger partial charge in [-0.3, -0.25) is 19.1 Å². The van der Waals surface area contributed by atoms with Gasteiger partial charge in [0.25, 0.3) is 5.56 Å². The number of fused-ring (bicyclic) bond motifs is 1. The fraction of sp³-hybridized carbons (Fsp3) is 0.188. The second-order valence-corrected chi connectivity index (χ2v) is 6.16. The topological polar surface area (TPSA) is 75.2 Å². The van der Waals surface area contributed by atoms with Crippen LogP contribution in [0.1, 0.15) is 5.56 Å². The van der Waals surface area contributed by atoms with Crippen molar-refractivity contribution in [3.8, 4) is 0 Å². The molecule has 1 N–H and O–H groups in total. The molecule has 0 bridgehead atoms. The molecule has 2 aromatic heterocycles. The molecule has 0 aliphatic carbocycles. The van der Waals surface area contributed by atoms with Gasteiger partial charge in [0.1, 0.15) is 6.54 Å². The van der Waals surface area contributed by atoms with E-state index >= 15 is 0 Å². The summed E-state index contributed by atoms with van der Waals surface area (Å²) in [5, 5.41) is 3.18. The van der Waals surface area contributed by atoms with E-state index < -0.39 is 11.2 Å². The molecule has 118 valence electrons. The van der Waals surface area contributed by atoms with E-state index in [1.54, 1.807) is 23.3 Å². The first kappa shape index (κ1) is 15.2. The van der Waals surface area contributed by atoms with Crippen molar-refractivity contribution in [1.29, 1.82) is 0 Å². The fourth-order valence-corrected chi connectivity index (χ4v) is 3.29. The van der Waals surface area contributed by atoms with Gasteiger partial charge in [-0.25, -0.2) is 4.79 Å². The lowest BCUT2D eigenvalue weighted by atomic mass is 10.2. The Labute approximate surface area is 135 Å². The van der Waals surface area contributed by atoms with E-state index in [0.717, 1.165) is 10.9 Å². The number of H-pyrrole nitrogens is 1. The standard InChI is InChI=1S/C16H15N3O3S/c1-18(8-11-10-23-13-5-3-2-4-12(11)13)15(21)9-19-7-6-14(20)17-16(19)22/h2-7,10H,8-9H2,1H3,(H,17,20,22). The molecule has 0 aliphatic rings. The number of nitrogens with zero attached hydrogens (tertiary/aromatic N) is 2. The van der Waals surface area contributed by atoms with Crippen LogP contribution in [0, 0.1) is 0 Å². The molecule has 0 aliphatic heterocycles. The number of thiophene rings is 1. The van der Waals surface area contributed by atoms with Crippen molar-refractivity contribution in [3.05, 3.63) is 68.3 Å². The average Bonchev–Trinajstić information content (AvgIpc) is 2.93. The number of hydrogen-bond donors (Lipinski definition) is 1. The summed E-state index contributed by atoms with van der Waals surface area (Å²) >= 11 is 1.64. The average molecular weight is 329 g/mol. The van der Waals surface area contributed by atoms with Crippen molar-refractivity contribution in [2.75, 3.05) is 7.05 Å². The molecule has 0 unspecified atom stereocenters. The molecule has 0 radical (unpaired) electrons. The molecule has 0 atom stereocenters. The van der Waals surface area contributed by atoms with Gasteiger partial charge in [-0.05, 0) is 22.4 Å². The third kappa shape index (κ3) is 3.24. The number of aromatic amines is 1. The minimum atomic E-state index is -0.583. The van der Waals surface area contributed by atoms with Crippen LogP contribution in [0.4, 0.5) is 0 Å². The summed E-state index contributed by atoms with van der Waals surface area (Å²) in [7, 11) is 1.70. The number of nitrogens with one attached hydrogen (secondary N) is 1. The van der Waals surface area contributed by atoms with Crippen LogP contribution < -0.4 is 11.2 Å². The van der Waals surface area contributed by atoms with Crippen molar-refractivity contribution in [3.63, 3.8) is 0 Å². The van der Waals surface area contributed by atoms with E-state index in [2.05, 4.69) is 4.98 Å². The largest absolute Gasteiger partial charge is 0.340 e. The molecule has 0 spiro atoms. The Morgan fingerprint density at radius 2 is 2.04 bits per heavy atom. The molecule has 0 saturated heterocycles. The van der Waals surface area contributed by atoms with E-state index in [9.17, 15) is 14.4 Å². The Morgan fingerprint density at radius 1 is 1.26 bits per heavy atom.